The lowest BCUT2D eigenvalue weighted by Gasteiger charge is -2.43. The monoisotopic (exact) mass is 348 g/mol. The van der Waals surface area contributed by atoms with Gasteiger partial charge in [-0.1, -0.05) is 37.0 Å². The van der Waals surface area contributed by atoms with Gasteiger partial charge in [0.1, 0.15) is 5.54 Å². The number of amides is 1. The van der Waals surface area contributed by atoms with Crippen LogP contribution in [0.25, 0.3) is 0 Å². The van der Waals surface area contributed by atoms with Gasteiger partial charge in [-0.15, -0.1) is 0 Å². The lowest BCUT2D eigenvalue weighted by Crippen LogP contribution is -2.54. The summed E-state index contributed by atoms with van der Waals surface area (Å²) >= 11 is 12.2. The highest BCUT2D eigenvalue weighted by Crippen LogP contribution is 2.75. The molecule has 0 aromatic heterocycles. The van der Waals surface area contributed by atoms with Gasteiger partial charge in [-0.2, -0.15) is 5.26 Å². The zero-order valence-electron chi connectivity index (χ0n) is 13.2. The van der Waals surface area contributed by atoms with Gasteiger partial charge >= 0.3 is 0 Å². The zero-order chi connectivity index (χ0) is 16.6. The molecule has 3 aliphatic rings. The number of nitrogens with zero attached hydrogens (tertiary/aromatic N) is 2. The molecule has 1 saturated heterocycles. The number of rotatable bonds is 1. The highest BCUT2D eigenvalue weighted by molar-refractivity contribution is 6.36. The van der Waals surface area contributed by atoms with E-state index in [2.05, 4.69) is 19.9 Å². The molecule has 4 atom stereocenters. The third-order valence-corrected chi connectivity index (χ3v) is 7.70. The first-order valence-electron chi connectivity index (χ1n) is 7.97. The number of carbonyl (C=O) groups excluding carboxylic acids is 1. The molecule has 3 fully saturated rings. The lowest BCUT2D eigenvalue weighted by molar-refractivity contribution is 0.0430. The number of piperidine rings is 1. The number of likely N-dealkylation sites (tertiary alicyclic amines) is 1. The minimum absolute atomic E-state index is 0.0251. The van der Waals surface area contributed by atoms with Crippen LogP contribution in [0.3, 0.4) is 0 Å². The number of carbonyl (C=O) groups is 1. The minimum Gasteiger partial charge on any atom is -0.319 e. The van der Waals surface area contributed by atoms with Crippen LogP contribution in [-0.4, -0.2) is 22.9 Å². The van der Waals surface area contributed by atoms with Crippen LogP contribution in [0, 0.1) is 28.1 Å². The fraction of sp³-hybridized carbons (Fsp3) is 0.556. The topological polar surface area (TPSA) is 44.1 Å². The third-order valence-electron chi connectivity index (χ3n) is 7.15. The van der Waals surface area contributed by atoms with Crippen molar-refractivity contribution in [3.63, 3.8) is 0 Å². The fourth-order valence-electron chi connectivity index (χ4n) is 5.56. The van der Waals surface area contributed by atoms with Crippen molar-refractivity contribution in [3.8, 4) is 6.07 Å². The molecule has 120 valence electrons. The van der Waals surface area contributed by atoms with E-state index in [-0.39, 0.29) is 16.7 Å². The molecule has 0 spiro atoms. The zero-order valence-corrected chi connectivity index (χ0v) is 14.7. The summed E-state index contributed by atoms with van der Waals surface area (Å²) < 4.78 is 0. The largest absolute Gasteiger partial charge is 0.319 e. The third kappa shape index (κ3) is 1.55. The SMILES string of the molecule is C[C@]12CC[C@H]3C[C@@]1(C#N)N(C(=O)c1ccc(Cl)cc1Cl)C[C@@]32C. The standard InChI is InChI=1S/C18H18Cl2N2O/c1-16-10-22(15(23)13-4-3-12(19)7-14(13)20)18(9-21)8-11(16)5-6-17(16,18)2/h3-4,7,11H,5-6,8,10H2,1-2H3/t11-,16-,17+,18-/m0/s1. The van der Waals surface area contributed by atoms with Gasteiger partial charge in [-0.05, 0) is 48.8 Å². The van der Waals surface area contributed by atoms with Crippen molar-refractivity contribution in [2.45, 2.75) is 38.6 Å². The molecule has 0 radical (unpaired) electrons. The smallest absolute Gasteiger partial charge is 0.256 e. The molecule has 2 saturated carbocycles. The van der Waals surface area contributed by atoms with E-state index in [1.54, 1.807) is 23.1 Å². The Morgan fingerprint density at radius 1 is 1.39 bits per heavy atom. The fourth-order valence-corrected chi connectivity index (χ4v) is 6.05. The van der Waals surface area contributed by atoms with Crippen LogP contribution in [0.2, 0.25) is 10.0 Å². The summed E-state index contributed by atoms with van der Waals surface area (Å²) in [5.74, 6) is 0.389. The van der Waals surface area contributed by atoms with E-state index < -0.39 is 5.54 Å². The first-order chi connectivity index (χ1) is 10.8. The van der Waals surface area contributed by atoms with E-state index in [9.17, 15) is 10.1 Å². The molecule has 5 heteroatoms. The quantitative estimate of drug-likeness (QED) is 0.747. The van der Waals surface area contributed by atoms with Gasteiger partial charge in [0.15, 0.2) is 0 Å². The maximum Gasteiger partial charge on any atom is 0.256 e. The predicted octanol–water partition coefficient (Wildman–Crippen LogP) is 4.54. The molecular weight excluding hydrogens is 331 g/mol. The van der Waals surface area contributed by atoms with Gasteiger partial charge in [0, 0.05) is 17.0 Å². The number of benzene rings is 1. The molecule has 1 amide bonds. The van der Waals surface area contributed by atoms with Crippen molar-refractivity contribution in [1.82, 2.24) is 4.90 Å². The van der Waals surface area contributed by atoms with E-state index in [0.29, 0.717) is 28.1 Å². The average molecular weight is 349 g/mol. The minimum atomic E-state index is -0.704. The van der Waals surface area contributed by atoms with Crippen LogP contribution in [0.4, 0.5) is 0 Å². The summed E-state index contributed by atoms with van der Waals surface area (Å²) in [6.07, 6.45) is 2.97. The predicted molar refractivity (Wildman–Crippen MR) is 89.4 cm³/mol. The van der Waals surface area contributed by atoms with Gasteiger partial charge in [-0.3, -0.25) is 4.79 Å². The van der Waals surface area contributed by atoms with Gasteiger partial charge in [0.05, 0.1) is 16.7 Å². The van der Waals surface area contributed by atoms with Crippen molar-refractivity contribution in [2.24, 2.45) is 16.7 Å². The number of nitriles is 1. The average Bonchev–Trinajstić information content (AvgIpc) is 2.95. The summed E-state index contributed by atoms with van der Waals surface area (Å²) in [4.78, 5) is 14.9. The van der Waals surface area contributed by atoms with Crippen molar-refractivity contribution < 1.29 is 4.79 Å². The Morgan fingerprint density at radius 2 is 2.13 bits per heavy atom. The normalized spacial score (nSPS) is 40.5. The molecule has 4 bridgehead atoms. The molecule has 1 heterocycles. The second kappa shape index (κ2) is 4.43. The van der Waals surface area contributed by atoms with Crippen LogP contribution >= 0.6 is 23.2 Å². The Hall–Kier alpha value is -1.24. The van der Waals surface area contributed by atoms with E-state index in [4.69, 9.17) is 23.2 Å². The van der Waals surface area contributed by atoms with Crippen molar-refractivity contribution in [3.05, 3.63) is 33.8 Å². The number of halogens is 2. The first-order valence-corrected chi connectivity index (χ1v) is 8.73. The first kappa shape index (κ1) is 15.3. The van der Waals surface area contributed by atoms with Gasteiger partial charge in [-0.25, -0.2) is 0 Å². The summed E-state index contributed by atoms with van der Waals surface area (Å²) in [6.45, 7) is 5.08. The summed E-state index contributed by atoms with van der Waals surface area (Å²) in [5, 5.41) is 10.9. The molecule has 1 aromatic carbocycles. The Kier molecular flexibility index (Phi) is 2.95. The number of hydrogen-bond acceptors (Lipinski definition) is 2. The summed E-state index contributed by atoms with van der Waals surface area (Å²) in [5.41, 5.74) is -0.378. The van der Waals surface area contributed by atoms with Gasteiger partial charge in [0.2, 0.25) is 0 Å². The second-order valence-electron chi connectivity index (χ2n) is 7.68. The van der Waals surface area contributed by atoms with Crippen LogP contribution in [0.5, 0.6) is 0 Å². The summed E-state index contributed by atoms with van der Waals surface area (Å²) in [6, 6.07) is 7.45. The highest BCUT2D eigenvalue weighted by atomic mass is 35.5. The lowest BCUT2D eigenvalue weighted by atomic mass is 9.66. The van der Waals surface area contributed by atoms with Crippen LogP contribution in [0.15, 0.2) is 18.2 Å². The molecule has 3 nitrogen and oxygen atoms in total. The van der Waals surface area contributed by atoms with E-state index in [0.717, 1.165) is 12.8 Å². The van der Waals surface area contributed by atoms with Crippen molar-refractivity contribution >= 4 is 29.1 Å². The highest BCUT2D eigenvalue weighted by Gasteiger charge is 2.78. The molecule has 23 heavy (non-hydrogen) atoms. The maximum atomic E-state index is 13.1. The molecule has 4 rings (SSSR count). The van der Waals surface area contributed by atoms with Crippen LogP contribution in [0.1, 0.15) is 43.5 Å². The molecule has 1 aliphatic heterocycles. The maximum absolute atomic E-state index is 13.1. The van der Waals surface area contributed by atoms with Crippen molar-refractivity contribution in [1.29, 1.82) is 5.26 Å². The summed E-state index contributed by atoms with van der Waals surface area (Å²) in [7, 11) is 0. The molecule has 0 N–H and O–H groups in total. The van der Waals surface area contributed by atoms with E-state index in [1.165, 1.54) is 6.42 Å². The van der Waals surface area contributed by atoms with Crippen LogP contribution < -0.4 is 0 Å². The van der Waals surface area contributed by atoms with Crippen LogP contribution in [-0.2, 0) is 0 Å². The Morgan fingerprint density at radius 3 is 2.74 bits per heavy atom. The van der Waals surface area contributed by atoms with Gasteiger partial charge < -0.3 is 4.90 Å². The number of hydrogen-bond donors (Lipinski definition) is 0. The van der Waals surface area contributed by atoms with Crippen molar-refractivity contribution in [2.75, 3.05) is 6.54 Å². The van der Waals surface area contributed by atoms with E-state index >= 15 is 0 Å². The molecule has 1 aromatic rings. The molecular formula is C18H18Cl2N2O. The van der Waals surface area contributed by atoms with Gasteiger partial charge in [0.25, 0.3) is 5.91 Å². The Bertz CT molecular complexity index is 773. The van der Waals surface area contributed by atoms with E-state index in [1.807, 2.05) is 0 Å². The Balaban J connectivity index is 1.80. The molecule has 2 aliphatic carbocycles. The second-order valence-corrected chi connectivity index (χ2v) is 8.52. The Labute approximate surface area is 146 Å². The molecule has 0 unspecified atom stereocenters.